The summed E-state index contributed by atoms with van der Waals surface area (Å²) in [6.07, 6.45) is -1.75. The lowest BCUT2D eigenvalue weighted by Gasteiger charge is -2.30. The van der Waals surface area contributed by atoms with E-state index in [0.717, 1.165) is 11.8 Å². The number of benzene rings is 1. The van der Waals surface area contributed by atoms with Gasteiger partial charge in [0, 0.05) is 19.5 Å². The highest BCUT2D eigenvalue weighted by atomic mass is 16.4. The van der Waals surface area contributed by atoms with E-state index in [0.29, 0.717) is 12.0 Å². The number of hydrogen-bond acceptors (Lipinski definition) is 17. The van der Waals surface area contributed by atoms with E-state index in [1.807, 2.05) is 5.32 Å². The summed E-state index contributed by atoms with van der Waals surface area (Å²) in [7, 11) is 0. The number of carboxylic acids is 2. The molecule has 424 valence electrons. The van der Waals surface area contributed by atoms with Gasteiger partial charge in [-0.15, -0.1) is 0 Å². The second-order valence-electron chi connectivity index (χ2n) is 18.0. The fraction of sp³-hybridized carbons (Fsp3) is 0.609. The van der Waals surface area contributed by atoms with Crippen LogP contribution in [0.15, 0.2) is 35.3 Å². The number of aliphatic imine (C=N–C) groups is 1. The average Bonchev–Trinajstić information content (AvgIpc) is 3.86. The van der Waals surface area contributed by atoms with Gasteiger partial charge in [-0.05, 0) is 77.8 Å². The van der Waals surface area contributed by atoms with Crippen LogP contribution in [0.5, 0.6) is 0 Å². The van der Waals surface area contributed by atoms with E-state index in [9.17, 15) is 73.2 Å². The Kier molecular flexibility index (Phi) is 27.8. The van der Waals surface area contributed by atoms with Crippen molar-refractivity contribution >= 4 is 71.1 Å². The Morgan fingerprint density at radius 3 is 1.76 bits per heavy atom. The molecule has 1 aliphatic heterocycles. The molecule has 1 saturated heterocycles. The highest BCUT2D eigenvalue weighted by molar-refractivity contribution is 5.99. The Bertz CT molecular complexity index is 2200. The number of aliphatic hydroxyl groups excluding tert-OH is 3. The molecule has 30 nitrogen and oxygen atoms in total. The molecular weight excluding hydrogens is 1000 g/mol. The number of unbranched alkanes of at least 4 members (excludes halogenated alkanes) is 1. The van der Waals surface area contributed by atoms with Gasteiger partial charge in [-0.1, -0.05) is 30.3 Å². The maximum absolute atomic E-state index is 14.2. The summed E-state index contributed by atoms with van der Waals surface area (Å²) in [4.78, 5) is 150. The fourth-order valence-electron chi connectivity index (χ4n) is 7.56. The Balaban J connectivity index is 2.33. The summed E-state index contributed by atoms with van der Waals surface area (Å²) >= 11 is 0. The molecule has 0 saturated carbocycles. The molecule has 1 heterocycles. The summed E-state index contributed by atoms with van der Waals surface area (Å²) < 4.78 is 0. The minimum absolute atomic E-state index is 0.00974. The van der Waals surface area contributed by atoms with E-state index < -0.39 is 151 Å². The van der Waals surface area contributed by atoms with E-state index in [-0.39, 0.29) is 70.5 Å². The molecule has 11 atom stereocenters. The number of guanidine groups is 1. The zero-order chi connectivity index (χ0) is 57.2. The number of aliphatic carboxylic acids is 2. The summed E-state index contributed by atoms with van der Waals surface area (Å²) in [5, 5.41) is 67.0. The Hall–Kier alpha value is -7.54. The van der Waals surface area contributed by atoms with Crippen molar-refractivity contribution in [3.63, 3.8) is 0 Å². The molecule has 76 heavy (non-hydrogen) atoms. The van der Waals surface area contributed by atoms with Crippen molar-refractivity contribution in [2.45, 2.75) is 145 Å². The van der Waals surface area contributed by atoms with Crippen LogP contribution in [0.3, 0.4) is 0 Å². The molecule has 9 amide bonds. The summed E-state index contributed by atoms with van der Waals surface area (Å²) in [6.45, 7) is 1.70. The SMILES string of the molecule is C[C@H](N)C(=O)N[C@@H](Cc1ccccc1)C(=O)N[C@@H](CC(=O)O)C(=O)N1CCC[C@H]1C(=O)N[C@@H](CCCN=C(N)N)C(=O)N[C@@H](CCCCN)C(=O)N[C@@H](C)C(=O)N[C@@H](CO)C(=O)N[C@H](C(=O)N[C@@H](CO)C(=O)O)[C@@H](C)O. The van der Waals surface area contributed by atoms with Gasteiger partial charge in [0.2, 0.25) is 53.2 Å². The first-order chi connectivity index (χ1) is 35.8. The molecule has 0 radical (unpaired) electrons. The summed E-state index contributed by atoms with van der Waals surface area (Å²) in [6, 6.07) is -6.50. The van der Waals surface area contributed by atoms with Gasteiger partial charge in [0.1, 0.15) is 54.4 Å². The smallest absolute Gasteiger partial charge is 0.328 e. The van der Waals surface area contributed by atoms with Gasteiger partial charge < -0.3 is 95.9 Å². The van der Waals surface area contributed by atoms with Crippen molar-refractivity contribution in [1.29, 1.82) is 0 Å². The number of nitrogens with one attached hydrogen (secondary N) is 8. The molecule has 2 rings (SSSR count). The van der Waals surface area contributed by atoms with Crippen LogP contribution in [-0.4, -0.2) is 201 Å². The first-order valence-electron chi connectivity index (χ1n) is 24.5. The zero-order valence-corrected chi connectivity index (χ0v) is 42.6. The number of hydrogen-bond donors (Lipinski definition) is 17. The number of carbonyl (C=O) groups is 11. The monoisotopic (exact) mass is 1080 g/mol. The predicted octanol–water partition coefficient (Wildman–Crippen LogP) is -7.43. The highest BCUT2D eigenvalue weighted by Gasteiger charge is 2.41. The molecule has 0 spiro atoms. The molecule has 1 aromatic carbocycles. The topological polar surface area (TPSA) is 505 Å². The van der Waals surface area contributed by atoms with Gasteiger partial charge in [0.15, 0.2) is 5.96 Å². The van der Waals surface area contributed by atoms with Crippen LogP contribution in [0.1, 0.15) is 77.7 Å². The summed E-state index contributed by atoms with van der Waals surface area (Å²) in [5.41, 5.74) is 23.0. The third-order valence-electron chi connectivity index (χ3n) is 11.7. The van der Waals surface area contributed by atoms with E-state index in [4.69, 9.17) is 28.0 Å². The van der Waals surface area contributed by atoms with Gasteiger partial charge in [0.25, 0.3) is 0 Å². The van der Waals surface area contributed by atoms with Gasteiger partial charge in [-0.3, -0.25) is 52.9 Å². The molecule has 1 fully saturated rings. The maximum atomic E-state index is 14.2. The zero-order valence-electron chi connectivity index (χ0n) is 42.6. The van der Waals surface area contributed by atoms with Crippen molar-refractivity contribution in [1.82, 2.24) is 47.4 Å². The van der Waals surface area contributed by atoms with Crippen LogP contribution >= 0.6 is 0 Å². The van der Waals surface area contributed by atoms with Crippen molar-refractivity contribution in [2.24, 2.45) is 27.9 Å². The van der Waals surface area contributed by atoms with Crippen LogP contribution < -0.4 is 65.5 Å². The molecule has 0 bridgehead atoms. The van der Waals surface area contributed by atoms with Crippen molar-refractivity contribution in [3.8, 4) is 0 Å². The van der Waals surface area contributed by atoms with Crippen molar-refractivity contribution < 1.29 is 78.3 Å². The van der Waals surface area contributed by atoms with Crippen LogP contribution in [-0.2, 0) is 59.2 Å². The van der Waals surface area contributed by atoms with E-state index in [2.05, 4.69) is 42.2 Å². The van der Waals surface area contributed by atoms with Crippen LogP contribution in [0, 0.1) is 0 Å². The normalized spacial score (nSPS) is 16.9. The molecule has 30 heteroatoms. The van der Waals surface area contributed by atoms with Gasteiger partial charge >= 0.3 is 11.9 Å². The molecule has 0 aromatic heterocycles. The van der Waals surface area contributed by atoms with Crippen LogP contribution in [0.4, 0.5) is 0 Å². The third kappa shape index (κ3) is 21.7. The van der Waals surface area contributed by atoms with E-state index in [1.165, 1.54) is 13.8 Å². The Labute approximate surface area is 437 Å². The number of carboxylic acid groups (broad SMARTS) is 2. The number of rotatable bonds is 33. The second kappa shape index (κ2) is 32.7. The molecule has 21 N–H and O–H groups in total. The number of likely N-dealkylation sites (tertiary alicyclic amines) is 1. The van der Waals surface area contributed by atoms with Crippen LogP contribution in [0.25, 0.3) is 0 Å². The van der Waals surface area contributed by atoms with Crippen LogP contribution in [0.2, 0.25) is 0 Å². The molecule has 0 unspecified atom stereocenters. The lowest BCUT2D eigenvalue weighted by atomic mass is 10.0. The fourth-order valence-corrected chi connectivity index (χ4v) is 7.56. The van der Waals surface area contributed by atoms with Crippen molar-refractivity contribution in [2.75, 3.05) is 32.8 Å². The summed E-state index contributed by atoms with van der Waals surface area (Å²) in [5.74, 6) is -12.1. The first-order valence-corrected chi connectivity index (χ1v) is 24.5. The van der Waals surface area contributed by atoms with Gasteiger partial charge in [0.05, 0.1) is 31.8 Å². The number of amides is 9. The molecule has 1 aromatic rings. The van der Waals surface area contributed by atoms with Gasteiger partial charge in [-0.2, -0.15) is 0 Å². The minimum atomic E-state index is -1.82. The largest absolute Gasteiger partial charge is 0.481 e. The maximum Gasteiger partial charge on any atom is 0.328 e. The lowest BCUT2D eigenvalue weighted by Crippen LogP contribution is -2.61. The average molecular weight is 1080 g/mol. The highest BCUT2D eigenvalue weighted by Crippen LogP contribution is 2.20. The molecule has 0 aliphatic carbocycles. The Morgan fingerprint density at radius 2 is 1.20 bits per heavy atom. The first kappa shape index (κ1) is 64.6. The van der Waals surface area contributed by atoms with Gasteiger partial charge in [-0.25, -0.2) is 4.79 Å². The van der Waals surface area contributed by atoms with Crippen molar-refractivity contribution in [3.05, 3.63) is 35.9 Å². The minimum Gasteiger partial charge on any atom is -0.481 e. The molecular formula is C46H74N14O16. The standard InChI is InChI=1S/C46H74N14O16/c1-23(48)36(66)55-29(19-26-11-5-4-6-12-26)40(70)56-30(20-34(64)65)44(74)60-18-10-15-33(60)42(72)54-28(14-9-17-51-46(49)50)39(69)53-27(13-7-8-16-47)38(68)52-24(2)37(67)57-31(21-61)41(71)59-35(25(3)63)43(73)58-32(22-62)45(75)76/h4-6,11-12,23-25,27-33,35,61-63H,7-10,13-22,47-48H2,1-3H3,(H,52,68)(H,53,69)(H,54,72)(H,55,66)(H,56,70)(H,57,67)(H,58,73)(H,59,71)(H,64,65)(H,75,76)(H4,49,50,51)/t23-,24-,25+,27-,28-,29-,30-,31-,32-,33-,35-/m0/s1. The third-order valence-corrected chi connectivity index (χ3v) is 11.7. The predicted molar refractivity (Wildman–Crippen MR) is 268 cm³/mol. The number of nitrogens with two attached hydrogens (primary N) is 4. The Morgan fingerprint density at radius 1 is 0.658 bits per heavy atom. The van der Waals surface area contributed by atoms with E-state index >= 15 is 0 Å². The number of aliphatic hydroxyl groups is 3. The number of nitrogens with zero attached hydrogens (tertiary/aromatic N) is 2. The second-order valence-corrected chi connectivity index (χ2v) is 18.0. The lowest BCUT2D eigenvalue weighted by molar-refractivity contribution is -0.146. The number of carbonyl (C=O) groups excluding carboxylic acids is 9. The quantitative estimate of drug-likeness (QED) is 0.0177. The van der Waals surface area contributed by atoms with E-state index in [1.54, 1.807) is 30.3 Å². The molecule has 1 aliphatic rings.